The van der Waals surface area contributed by atoms with Gasteiger partial charge < -0.3 is 9.73 Å². The second-order valence-electron chi connectivity index (χ2n) is 4.98. The van der Waals surface area contributed by atoms with E-state index >= 15 is 0 Å². The minimum absolute atomic E-state index is 0.384. The van der Waals surface area contributed by atoms with Crippen molar-refractivity contribution < 1.29 is 4.42 Å². The summed E-state index contributed by atoms with van der Waals surface area (Å²) in [5, 5.41) is 12.0. The van der Waals surface area contributed by atoms with E-state index in [-0.39, 0.29) is 0 Å². The van der Waals surface area contributed by atoms with Crippen LogP contribution in [-0.2, 0) is 6.54 Å². The molecule has 1 aromatic heterocycles. The standard InChI is InChI=1S/C14H22N2O/c1-11(2)5-4-6-12(3)16-10-14-8-7-13(9-15)17-14/h7-8,11-12,16H,4-6,10H2,1-3H3. The topological polar surface area (TPSA) is 49.0 Å². The van der Waals surface area contributed by atoms with Crippen LogP contribution in [0.2, 0.25) is 0 Å². The van der Waals surface area contributed by atoms with Crippen molar-refractivity contribution in [2.24, 2.45) is 5.92 Å². The quantitative estimate of drug-likeness (QED) is 0.786. The number of nitrogens with zero attached hydrogens (tertiary/aromatic N) is 1. The average Bonchev–Trinajstić information content (AvgIpc) is 2.73. The summed E-state index contributed by atoms with van der Waals surface area (Å²) >= 11 is 0. The predicted molar refractivity (Wildman–Crippen MR) is 68.4 cm³/mol. The van der Waals surface area contributed by atoms with Crippen LogP contribution < -0.4 is 5.32 Å². The number of hydrogen-bond donors (Lipinski definition) is 1. The van der Waals surface area contributed by atoms with Gasteiger partial charge in [0.05, 0.1) is 6.54 Å². The van der Waals surface area contributed by atoms with E-state index in [9.17, 15) is 0 Å². The lowest BCUT2D eigenvalue weighted by molar-refractivity contribution is 0.420. The first-order chi connectivity index (χ1) is 8.11. The molecule has 0 amide bonds. The Morgan fingerprint density at radius 3 is 2.65 bits per heavy atom. The van der Waals surface area contributed by atoms with Gasteiger partial charge in [-0.25, -0.2) is 0 Å². The van der Waals surface area contributed by atoms with Crippen LogP contribution in [0, 0.1) is 17.2 Å². The number of nitriles is 1. The molecular formula is C14H22N2O. The molecule has 3 heteroatoms. The first-order valence-corrected chi connectivity index (χ1v) is 6.34. The fraction of sp³-hybridized carbons (Fsp3) is 0.643. The van der Waals surface area contributed by atoms with Gasteiger partial charge in [-0.05, 0) is 31.4 Å². The molecule has 3 nitrogen and oxygen atoms in total. The third kappa shape index (κ3) is 5.55. The lowest BCUT2D eigenvalue weighted by Crippen LogP contribution is -2.25. The Bertz CT molecular complexity index is 363. The van der Waals surface area contributed by atoms with Crippen LogP contribution in [0.4, 0.5) is 0 Å². The maximum Gasteiger partial charge on any atom is 0.203 e. The molecule has 0 spiro atoms. The summed E-state index contributed by atoms with van der Waals surface area (Å²) in [4.78, 5) is 0. The van der Waals surface area contributed by atoms with E-state index in [0.29, 0.717) is 18.3 Å². The van der Waals surface area contributed by atoms with Crippen LogP contribution in [-0.4, -0.2) is 6.04 Å². The van der Waals surface area contributed by atoms with E-state index in [1.165, 1.54) is 19.3 Å². The highest BCUT2D eigenvalue weighted by Crippen LogP contribution is 2.10. The monoisotopic (exact) mass is 234 g/mol. The first-order valence-electron chi connectivity index (χ1n) is 6.34. The molecule has 0 aliphatic heterocycles. The summed E-state index contributed by atoms with van der Waals surface area (Å²) in [6, 6.07) is 6.04. The van der Waals surface area contributed by atoms with E-state index in [2.05, 4.69) is 26.1 Å². The largest absolute Gasteiger partial charge is 0.449 e. The molecule has 1 heterocycles. The van der Waals surface area contributed by atoms with Gasteiger partial charge in [0.15, 0.2) is 0 Å². The number of nitrogens with one attached hydrogen (secondary N) is 1. The van der Waals surface area contributed by atoms with E-state index < -0.39 is 0 Å². The second-order valence-corrected chi connectivity index (χ2v) is 4.98. The van der Waals surface area contributed by atoms with Gasteiger partial charge in [-0.3, -0.25) is 0 Å². The van der Waals surface area contributed by atoms with Crippen molar-refractivity contribution in [1.82, 2.24) is 5.32 Å². The lowest BCUT2D eigenvalue weighted by Gasteiger charge is -2.13. The van der Waals surface area contributed by atoms with Crippen LogP contribution in [0.5, 0.6) is 0 Å². The molecule has 0 aliphatic carbocycles. The van der Waals surface area contributed by atoms with Gasteiger partial charge in [-0.2, -0.15) is 5.26 Å². The van der Waals surface area contributed by atoms with Crippen molar-refractivity contribution in [3.8, 4) is 6.07 Å². The lowest BCUT2D eigenvalue weighted by atomic mass is 10.0. The molecule has 1 N–H and O–H groups in total. The molecule has 17 heavy (non-hydrogen) atoms. The molecule has 94 valence electrons. The third-order valence-electron chi connectivity index (χ3n) is 2.82. The van der Waals surface area contributed by atoms with Crippen LogP contribution in [0.15, 0.2) is 16.5 Å². The van der Waals surface area contributed by atoms with E-state index in [1.807, 2.05) is 12.1 Å². The highest BCUT2D eigenvalue weighted by Gasteiger charge is 2.05. The zero-order chi connectivity index (χ0) is 12.7. The Morgan fingerprint density at radius 1 is 1.29 bits per heavy atom. The van der Waals surface area contributed by atoms with Crippen molar-refractivity contribution >= 4 is 0 Å². The third-order valence-corrected chi connectivity index (χ3v) is 2.82. The molecule has 0 saturated carbocycles. The second kappa shape index (κ2) is 7.13. The molecule has 0 fully saturated rings. The van der Waals surface area contributed by atoms with Crippen molar-refractivity contribution in [1.29, 1.82) is 5.26 Å². The normalized spacial score (nSPS) is 12.6. The zero-order valence-electron chi connectivity index (χ0n) is 11.0. The van der Waals surface area contributed by atoms with E-state index in [4.69, 9.17) is 9.68 Å². The van der Waals surface area contributed by atoms with Crippen LogP contribution in [0.1, 0.15) is 51.6 Å². The molecule has 1 aromatic rings. The highest BCUT2D eigenvalue weighted by atomic mass is 16.3. The van der Waals surface area contributed by atoms with Gasteiger partial charge in [0, 0.05) is 6.04 Å². The minimum atomic E-state index is 0.384. The van der Waals surface area contributed by atoms with Gasteiger partial charge >= 0.3 is 0 Å². The molecule has 1 unspecified atom stereocenters. The van der Waals surface area contributed by atoms with Gasteiger partial charge in [0.2, 0.25) is 5.76 Å². The molecule has 0 aromatic carbocycles. The van der Waals surface area contributed by atoms with E-state index in [1.54, 1.807) is 6.07 Å². The van der Waals surface area contributed by atoms with Gasteiger partial charge in [-0.15, -0.1) is 0 Å². The number of rotatable bonds is 7. The van der Waals surface area contributed by atoms with E-state index in [0.717, 1.165) is 11.7 Å². The molecule has 0 radical (unpaired) electrons. The maximum absolute atomic E-state index is 8.63. The smallest absolute Gasteiger partial charge is 0.203 e. The molecule has 1 rings (SSSR count). The molecule has 0 bridgehead atoms. The SMILES string of the molecule is CC(C)CCCC(C)NCc1ccc(C#N)o1. The molecule has 0 saturated heterocycles. The summed E-state index contributed by atoms with van der Waals surface area (Å²) in [5.41, 5.74) is 0. The summed E-state index contributed by atoms with van der Waals surface area (Å²) in [7, 11) is 0. The summed E-state index contributed by atoms with van der Waals surface area (Å²) in [5.74, 6) is 2.00. The van der Waals surface area contributed by atoms with Crippen LogP contribution >= 0.6 is 0 Å². The fourth-order valence-corrected chi connectivity index (χ4v) is 1.74. The molecule has 1 atom stereocenters. The first kappa shape index (κ1) is 13.8. The van der Waals surface area contributed by atoms with Gasteiger partial charge in [0.25, 0.3) is 0 Å². The summed E-state index contributed by atoms with van der Waals surface area (Å²) in [6.45, 7) is 7.40. The van der Waals surface area contributed by atoms with Crippen molar-refractivity contribution in [3.05, 3.63) is 23.7 Å². The van der Waals surface area contributed by atoms with Crippen molar-refractivity contribution in [3.63, 3.8) is 0 Å². The summed E-state index contributed by atoms with van der Waals surface area (Å²) in [6.07, 6.45) is 3.72. The molecule has 0 aliphatic rings. The Hall–Kier alpha value is -1.27. The van der Waals surface area contributed by atoms with Crippen molar-refractivity contribution in [2.45, 2.75) is 52.6 Å². The van der Waals surface area contributed by atoms with Crippen molar-refractivity contribution in [2.75, 3.05) is 0 Å². The Labute approximate surface area is 104 Å². The maximum atomic E-state index is 8.63. The van der Waals surface area contributed by atoms with Crippen LogP contribution in [0.3, 0.4) is 0 Å². The Kier molecular flexibility index (Phi) is 5.79. The van der Waals surface area contributed by atoms with Gasteiger partial charge in [0.1, 0.15) is 11.8 Å². The predicted octanol–water partition coefficient (Wildman–Crippen LogP) is 3.46. The zero-order valence-corrected chi connectivity index (χ0v) is 11.0. The van der Waals surface area contributed by atoms with Crippen LogP contribution in [0.25, 0.3) is 0 Å². The van der Waals surface area contributed by atoms with Gasteiger partial charge in [-0.1, -0.05) is 26.7 Å². The number of hydrogen-bond acceptors (Lipinski definition) is 3. The minimum Gasteiger partial charge on any atom is -0.449 e. The highest BCUT2D eigenvalue weighted by molar-refractivity contribution is 5.18. The summed E-state index contributed by atoms with van der Waals surface area (Å²) < 4.78 is 5.30. The fourth-order valence-electron chi connectivity index (χ4n) is 1.74. The Balaban J connectivity index is 2.19. The number of furan rings is 1. The Morgan fingerprint density at radius 2 is 2.06 bits per heavy atom. The molecular weight excluding hydrogens is 212 g/mol. The average molecular weight is 234 g/mol.